The quantitative estimate of drug-likeness (QED) is 0.0684. The molecule has 0 aliphatic heterocycles. The van der Waals surface area contributed by atoms with Gasteiger partial charge in [-0.15, -0.1) is 16.9 Å². The van der Waals surface area contributed by atoms with Crippen molar-refractivity contribution in [3.63, 3.8) is 0 Å². The summed E-state index contributed by atoms with van der Waals surface area (Å²) in [6.07, 6.45) is 0. The molecule has 8 rings (SSSR count). The molecule has 0 aromatic heterocycles. The maximum atomic E-state index is 2.39. The number of nitrogens with zero attached hydrogens (tertiary/aromatic N) is 2. The van der Waals surface area contributed by atoms with Crippen LogP contribution in [0.5, 0.6) is 0 Å². The minimum absolute atomic E-state index is 0. The van der Waals surface area contributed by atoms with Crippen molar-refractivity contribution in [1.82, 2.24) is 9.80 Å². The van der Waals surface area contributed by atoms with E-state index in [1.807, 2.05) is 0 Å². The van der Waals surface area contributed by atoms with Gasteiger partial charge >= 0.3 is 0 Å². The Hall–Kier alpha value is -4.68. The third-order valence-corrected chi connectivity index (χ3v) is 16.7. The molecule has 5 heteroatoms. The Balaban J connectivity index is 0.000000212. The second-order valence-electron chi connectivity index (χ2n) is 18.3. The number of aryl methyl sites for hydroxylation is 8. The Morgan fingerprint density at radius 2 is 0.815 bits per heavy atom. The van der Waals surface area contributed by atoms with Crippen molar-refractivity contribution in [2.45, 2.75) is 67.5 Å². The first-order valence-electron chi connectivity index (χ1n) is 22.5. The van der Waals surface area contributed by atoms with Crippen molar-refractivity contribution in [3.8, 4) is 0 Å². The predicted molar refractivity (Wildman–Crippen MR) is 283 cm³/mol. The van der Waals surface area contributed by atoms with Crippen LogP contribution < -0.4 is 31.8 Å². The van der Waals surface area contributed by atoms with Crippen LogP contribution in [0.4, 0.5) is 0 Å². The molecule has 340 valence electrons. The molecule has 0 unspecified atom stereocenters. The zero-order valence-corrected chi connectivity index (χ0v) is 43.4. The molecule has 0 saturated heterocycles. The standard InChI is InChI=1S/2C30H33NP.Fe/c2*1-21-15-22(2)18-26(17-21)32(27-19-23(3)16-24(4)20-27)29-14-10-13-28(29)30(31(5)6)25-11-8-7-9-12-25;/h2*7-20,30H,1-6H3;/q-5;-1;/t2*30-;/m11./s1. The Bertz CT molecular complexity index is 2420. The molecule has 0 N–H and O–H groups in total. The van der Waals surface area contributed by atoms with Crippen LogP contribution in [-0.2, 0) is 17.1 Å². The smallest absolute Gasteiger partial charge is 0.0371 e. The molecule has 0 heterocycles. The molecule has 8 aromatic carbocycles. The first kappa shape index (κ1) is 49.7. The number of hydrogen-bond donors (Lipinski definition) is 0. The van der Waals surface area contributed by atoms with Crippen LogP contribution in [0, 0.1) is 55.4 Å². The van der Waals surface area contributed by atoms with Crippen molar-refractivity contribution in [3.05, 3.63) is 237 Å². The molecule has 0 spiro atoms. The van der Waals surface area contributed by atoms with Gasteiger partial charge in [0.05, 0.1) is 0 Å². The molecule has 0 aliphatic carbocycles. The molecule has 0 aliphatic rings. The normalized spacial score (nSPS) is 12.3. The molecular weight excluding hydrogens is 866 g/mol. The van der Waals surface area contributed by atoms with E-state index in [-0.39, 0.29) is 29.2 Å². The maximum absolute atomic E-state index is 2.39. The largest absolute Gasteiger partial charge is 0.747 e. The summed E-state index contributed by atoms with van der Waals surface area (Å²) in [6.45, 7) is 17.7. The van der Waals surface area contributed by atoms with Crippen molar-refractivity contribution in [2.24, 2.45) is 0 Å². The van der Waals surface area contributed by atoms with Crippen LogP contribution in [0.2, 0.25) is 0 Å². The fourth-order valence-electron chi connectivity index (χ4n) is 9.67. The van der Waals surface area contributed by atoms with Crippen molar-refractivity contribution in [1.29, 1.82) is 0 Å². The molecular formula is C60H66FeN2P2-6. The van der Waals surface area contributed by atoms with Gasteiger partial charge in [-0.05, 0) is 99.8 Å². The van der Waals surface area contributed by atoms with E-state index in [2.05, 4.69) is 263 Å². The van der Waals surface area contributed by atoms with Crippen LogP contribution in [0.1, 0.15) is 78.8 Å². The minimum Gasteiger partial charge on any atom is -0.747 e. The molecule has 8 aromatic rings. The number of hydrogen-bond acceptors (Lipinski definition) is 2. The maximum Gasteiger partial charge on any atom is 0.0371 e. The molecule has 0 amide bonds. The summed E-state index contributed by atoms with van der Waals surface area (Å²) < 4.78 is 0. The molecule has 0 saturated carbocycles. The Morgan fingerprint density at radius 3 is 1.20 bits per heavy atom. The van der Waals surface area contributed by atoms with E-state index in [0.29, 0.717) is 0 Å². The van der Waals surface area contributed by atoms with Gasteiger partial charge < -0.3 is 38.9 Å². The summed E-state index contributed by atoms with van der Waals surface area (Å²) in [5, 5.41) is 8.64. The van der Waals surface area contributed by atoms with E-state index in [9.17, 15) is 0 Å². The summed E-state index contributed by atoms with van der Waals surface area (Å²) in [4.78, 5) is 4.68. The fraction of sp³-hybridized carbons (Fsp3) is 0.233. The Labute approximate surface area is 404 Å². The average molecular weight is 933 g/mol. The molecule has 0 bridgehead atoms. The van der Waals surface area contributed by atoms with Gasteiger partial charge in [0.25, 0.3) is 0 Å². The van der Waals surface area contributed by atoms with Gasteiger partial charge in [0.2, 0.25) is 0 Å². The molecule has 65 heavy (non-hydrogen) atoms. The summed E-state index contributed by atoms with van der Waals surface area (Å²) in [5.41, 5.74) is 16.1. The zero-order valence-electron chi connectivity index (χ0n) is 40.5. The van der Waals surface area contributed by atoms with Gasteiger partial charge in [0, 0.05) is 23.1 Å². The van der Waals surface area contributed by atoms with E-state index < -0.39 is 15.8 Å². The van der Waals surface area contributed by atoms with Gasteiger partial charge in [0.15, 0.2) is 0 Å². The van der Waals surface area contributed by atoms with Crippen LogP contribution in [0.15, 0.2) is 170 Å². The van der Waals surface area contributed by atoms with Crippen LogP contribution in [-0.4, -0.2) is 38.0 Å². The van der Waals surface area contributed by atoms with Gasteiger partial charge in [0.1, 0.15) is 0 Å². The van der Waals surface area contributed by atoms with Gasteiger partial charge in [-0.2, -0.15) is 6.07 Å². The molecule has 2 nitrogen and oxygen atoms in total. The van der Waals surface area contributed by atoms with Gasteiger partial charge in [-0.3, -0.25) is 0 Å². The summed E-state index contributed by atoms with van der Waals surface area (Å²) in [5.74, 6) is 0. The van der Waals surface area contributed by atoms with Gasteiger partial charge in [-0.25, -0.2) is 20.1 Å². The topological polar surface area (TPSA) is 6.48 Å². The monoisotopic (exact) mass is 932 g/mol. The Morgan fingerprint density at radius 1 is 0.431 bits per heavy atom. The average Bonchev–Trinajstić information content (AvgIpc) is 3.88. The summed E-state index contributed by atoms with van der Waals surface area (Å²) >= 11 is 0. The molecule has 0 fully saturated rings. The SMILES string of the molecule is Cc1cc(C)cc(P(c2cc(C)cc(C)c2)[c-]2[cH-][cH-][cH-][c-]2[C@@H](c2ccccc2)N(C)C)c1.Cc1cc(C)cc(P(c2cc(C)cc(C)c2)[c-]2cccc2[C@@H](c2ccccc2)N(C)C)c1.[Fe]. The first-order chi connectivity index (χ1) is 30.7. The fourth-order valence-corrected chi connectivity index (χ4v) is 15.4. The second-order valence-corrected chi connectivity index (χ2v) is 22.7. The van der Waals surface area contributed by atoms with Crippen molar-refractivity contribution in [2.75, 3.05) is 28.2 Å². The van der Waals surface area contributed by atoms with E-state index in [4.69, 9.17) is 0 Å². The first-order valence-corrected chi connectivity index (χ1v) is 25.2. The summed E-state index contributed by atoms with van der Waals surface area (Å²) in [6, 6.07) is 64.3. The summed E-state index contributed by atoms with van der Waals surface area (Å²) in [7, 11) is 7.40. The van der Waals surface area contributed by atoms with E-state index in [1.165, 1.54) is 98.6 Å². The number of rotatable bonds is 12. The van der Waals surface area contributed by atoms with Crippen LogP contribution in [0.3, 0.4) is 0 Å². The third-order valence-electron chi connectivity index (χ3n) is 11.8. The van der Waals surface area contributed by atoms with Gasteiger partial charge in [-0.1, -0.05) is 202 Å². The van der Waals surface area contributed by atoms with E-state index in [0.717, 1.165) is 0 Å². The molecule has 0 radical (unpaired) electrons. The molecule has 2 atom stereocenters. The van der Waals surface area contributed by atoms with Crippen LogP contribution in [0.25, 0.3) is 0 Å². The number of benzene rings is 6. The van der Waals surface area contributed by atoms with Crippen molar-refractivity contribution < 1.29 is 17.1 Å². The zero-order chi connectivity index (χ0) is 45.7. The van der Waals surface area contributed by atoms with Crippen molar-refractivity contribution >= 4 is 47.7 Å². The second kappa shape index (κ2) is 22.2. The van der Waals surface area contributed by atoms with Crippen LogP contribution >= 0.6 is 15.8 Å². The van der Waals surface area contributed by atoms with E-state index in [1.54, 1.807) is 0 Å². The van der Waals surface area contributed by atoms with E-state index >= 15 is 0 Å². The Kier molecular flexibility index (Phi) is 17.0. The predicted octanol–water partition coefficient (Wildman–Crippen LogP) is 12.1. The third kappa shape index (κ3) is 12.0. The minimum atomic E-state index is -0.669.